The van der Waals surface area contributed by atoms with Gasteiger partial charge in [0.25, 0.3) is 0 Å². The van der Waals surface area contributed by atoms with Crippen LogP contribution in [0.25, 0.3) is 0 Å². The molecular weight excluding hydrogens is 329 g/mol. The predicted octanol–water partition coefficient (Wildman–Crippen LogP) is 5.23. The summed E-state index contributed by atoms with van der Waals surface area (Å²) in [6, 6.07) is 8.01. The third-order valence-corrected chi connectivity index (χ3v) is 7.09. The molecule has 1 aromatic rings. The molecule has 1 fully saturated rings. The molecule has 1 unspecified atom stereocenters. The van der Waals surface area contributed by atoms with Crippen LogP contribution in [0.3, 0.4) is 0 Å². The molecule has 23 heavy (non-hydrogen) atoms. The van der Waals surface area contributed by atoms with Crippen LogP contribution in [0.2, 0.25) is 5.02 Å². The highest BCUT2D eigenvalue weighted by Crippen LogP contribution is 2.45. The zero-order chi connectivity index (χ0) is 16.7. The van der Waals surface area contributed by atoms with E-state index in [2.05, 4.69) is 12.2 Å². The second kappa shape index (κ2) is 9.22. The Morgan fingerprint density at radius 3 is 2.78 bits per heavy atom. The number of benzene rings is 1. The fourth-order valence-electron chi connectivity index (χ4n) is 3.40. The molecule has 0 aromatic heterocycles. The minimum absolute atomic E-state index is 0.199. The van der Waals surface area contributed by atoms with Gasteiger partial charge < -0.3 is 10.2 Å². The third-order valence-electron chi connectivity index (χ3n) is 4.75. The van der Waals surface area contributed by atoms with Gasteiger partial charge in [-0.15, -0.1) is 0 Å². The van der Waals surface area contributed by atoms with Gasteiger partial charge in [0, 0.05) is 23.4 Å². The van der Waals surface area contributed by atoms with E-state index in [9.17, 15) is 9.46 Å². The minimum atomic E-state index is -2.96. The Morgan fingerprint density at radius 2 is 2.09 bits per heavy atom. The summed E-state index contributed by atoms with van der Waals surface area (Å²) in [6.07, 6.45) is 7.70. The van der Waals surface area contributed by atoms with Gasteiger partial charge in [0.05, 0.1) is 0 Å². The normalized spacial score (nSPS) is 20.1. The highest BCUT2D eigenvalue weighted by atomic mass is 35.5. The van der Waals surface area contributed by atoms with Crippen LogP contribution in [0.15, 0.2) is 24.3 Å². The first-order valence-electron chi connectivity index (χ1n) is 8.76. The Balaban J connectivity index is 1.68. The van der Waals surface area contributed by atoms with Gasteiger partial charge >= 0.3 is 0 Å². The Bertz CT molecular complexity index is 532. The molecule has 0 aliphatic heterocycles. The van der Waals surface area contributed by atoms with E-state index in [-0.39, 0.29) is 6.04 Å². The Kier molecular flexibility index (Phi) is 7.62. The molecule has 1 saturated carbocycles. The van der Waals surface area contributed by atoms with Crippen molar-refractivity contribution >= 4 is 19.0 Å². The molecule has 0 bridgehead atoms. The van der Waals surface area contributed by atoms with Crippen LogP contribution in [-0.4, -0.2) is 23.8 Å². The predicted molar refractivity (Wildman–Crippen MR) is 98.6 cm³/mol. The van der Waals surface area contributed by atoms with Gasteiger partial charge in [-0.25, -0.2) is 0 Å². The van der Waals surface area contributed by atoms with Gasteiger partial charge in [-0.3, -0.25) is 4.57 Å². The molecule has 0 amide bonds. The molecule has 0 heterocycles. The van der Waals surface area contributed by atoms with Crippen LogP contribution in [0, 0.1) is 5.92 Å². The van der Waals surface area contributed by atoms with Gasteiger partial charge in [0.1, 0.15) is 0 Å². The van der Waals surface area contributed by atoms with Crippen molar-refractivity contribution in [3.05, 3.63) is 34.9 Å². The number of hydrogen-bond acceptors (Lipinski definition) is 2. The molecule has 2 rings (SSSR count). The quantitative estimate of drug-likeness (QED) is 0.494. The smallest absolute Gasteiger partial charge is 0.200 e. The molecule has 0 spiro atoms. The fourth-order valence-corrected chi connectivity index (χ4v) is 5.61. The summed E-state index contributed by atoms with van der Waals surface area (Å²) >= 11 is 6.00. The molecule has 0 saturated heterocycles. The Hall–Kier alpha value is -0.340. The molecular formula is C18H29ClNO2P. The maximum Gasteiger partial charge on any atom is 0.200 e. The van der Waals surface area contributed by atoms with Crippen molar-refractivity contribution in [1.82, 2.24) is 5.32 Å². The first kappa shape index (κ1) is 19.0. The zero-order valence-electron chi connectivity index (χ0n) is 14.0. The lowest BCUT2D eigenvalue weighted by atomic mass is 9.91. The lowest BCUT2D eigenvalue weighted by Crippen LogP contribution is -2.21. The van der Waals surface area contributed by atoms with E-state index in [0.29, 0.717) is 18.2 Å². The number of nitrogens with one attached hydrogen (secondary N) is 1. The largest absolute Gasteiger partial charge is 0.344 e. The standard InChI is InChI=1S/C18H29ClNO2P/c1-15(17-9-5-10-18(19)13-17)20-11-6-12-23(21,22)14-16-7-3-2-4-8-16/h5,9-10,13,15-16,20H,2-4,6-8,11-12,14H2,1H3,(H,21,22)/t15-/m0/s1. The van der Waals surface area contributed by atoms with Crippen LogP contribution >= 0.6 is 19.0 Å². The number of halogens is 1. The van der Waals surface area contributed by atoms with Gasteiger partial charge in [-0.1, -0.05) is 43.0 Å². The average Bonchev–Trinajstić information content (AvgIpc) is 2.52. The topological polar surface area (TPSA) is 49.3 Å². The van der Waals surface area contributed by atoms with Gasteiger partial charge in [-0.2, -0.15) is 0 Å². The second-order valence-corrected chi connectivity index (χ2v) is 9.78. The van der Waals surface area contributed by atoms with Crippen molar-refractivity contribution in [2.45, 2.75) is 51.5 Å². The molecule has 0 radical (unpaired) electrons. The van der Waals surface area contributed by atoms with Crippen LogP contribution in [0.5, 0.6) is 0 Å². The van der Waals surface area contributed by atoms with Gasteiger partial charge in [0.15, 0.2) is 0 Å². The fraction of sp³-hybridized carbons (Fsp3) is 0.667. The lowest BCUT2D eigenvalue weighted by molar-refractivity contribution is 0.371. The van der Waals surface area contributed by atoms with Crippen molar-refractivity contribution in [1.29, 1.82) is 0 Å². The molecule has 2 atom stereocenters. The summed E-state index contributed by atoms with van der Waals surface area (Å²) < 4.78 is 12.4. The molecule has 1 aliphatic rings. The first-order chi connectivity index (χ1) is 11.0. The van der Waals surface area contributed by atoms with Crippen molar-refractivity contribution in [2.75, 3.05) is 18.9 Å². The highest BCUT2D eigenvalue weighted by Gasteiger charge is 2.25. The first-order valence-corrected chi connectivity index (χ1v) is 11.2. The van der Waals surface area contributed by atoms with Crippen LogP contribution in [0.1, 0.15) is 57.1 Å². The van der Waals surface area contributed by atoms with Crippen LogP contribution < -0.4 is 5.32 Å². The molecule has 3 nitrogen and oxygen atoms in total. The van der Waals surface area contributed by atoms with Gasteiger partial charge in [-0.05, 0) is 56.3 Å². The number of hydrogen-bond donors (Lipinski definition) is 2. The number of rotatable bonds is 8. The monoisotopic (exact) mass is 357 g/mol. The molecule has 1 aromatic carbocycles. The maximum absolute atomic E-state index is 12.4. The van der Waals surface area contributed by atoms with E-state index >= 15 is 0 Å². The van der Waals surface area contributed by atoms with Crippen molar-refractivity contribution in [2.24, 2.45) is 5.92 Å². The van der Waals surface area contributed by atoms with E-state index in [1.54, 1.807) is 0 Å². The summed E-state index contributed by atoms with van der Waals surface area (Å²) in [5, 5.41) is 4.15. The third kappa shape index (κ3) is 6.97. The summed E-state index contributed by atoms with van der Waals surface area (Å²) in [4.78, 5) is 10.2. The van der Waals surface area contributed by atoms with Gasteiger partial charge in [0.2, 0.25) is 7.37 Å². The summed E-state index contributed by atoms with van der Waals surface area (Å²) in [7, 11) is -2.96. The maximum atomic E-state index is 12.4. The Morgan fingerprint density at radius 1 is 1.35 bits per heavy atom. The van der Waals surface area contributed by atoms with Crippen molar-refractivity contribution in [3.8, 4) is 0 Å². The SMILES string of the molecule is C[C@H](NCCCP(=O)(O)CC1CCCCC1)c1cccc(Cl)c1. The van der Waals surface area contributed by atoms with E-state index in [1.165, 1.54) is 19.3 Å². The van der Waals surface area contributed by atoms with Crippen molar-refractivity contribution < 1.29 is 9.46 Å². The molecule has 5 heteroatoms. The van der Waals surface area contributed by atoms with E-state index in [0.717, 1.165) is 36.4 Å². The zero-order valence-corrected chi connectivity index (χ0v) is 15.7. The van der Waals surface area contributed by atoms with Crippen LogP contribution in [0.4, 0.5) is 0 Å². The Labute approximate surface area is 145 Å². The highest BCUT2D eigenvalue weighted by molar-refractivity contribution is 7.57. The second-order valence-electron chi connectivity index (χ2n) is 6.84. The van der Waals surface area contributed by atoms with E-state index in [1.807, 2.05) is 24.3 Å². The molecule has 2 N–H and O–H groups in total. The molecule has 1 aliphatic carbocycles. The van der Waals surface area contributed by atoms with Crippen LogP contribution in [-0.2, 0) is 4.57 Å². The van der Waals surface area contributed by atoms with E-state index < -0.39 is 7.37 Å². The summed E-state index contributed by atoms with van der Waals surface area (Å²) in [6.45, 7) is 2.84. The lowest BCUT2D eigenvalue weighted by Gasteiger charge is -2.24. The average molecular weight is 358 g/mol. The van der Waals surface area contributed by atoms with E-state index in [4.69, 9.17) is 11.6 Å². The summed E-state index contributed by atoms with van der Waals surface area (Å²) in [5.74, 6) is 0.470. The molecule has 130 valence electrons. The summed E-state index contributed by atoms with van der Waals surface area (Å²) in [5.41, 5.74) is 1.15. The minimum Gasteiger partial charge on any atom is -0.344 e. The van der Waals surface area contributed by atoms with Crippen molar-refractivity contribution in [3.63, 3.8) is 0 Å².